The highest BCUT2D eigenvalue weighted by molar-refractivity contribution is 6.07. The molecule has 2 rings (SSSR count). The van der Waals surface area contributed by atoms with Crippen molar-refractivity contribution in [2.24, 2.45) is 0 Å². The Morgan fingerprint density at radius 3 is 2.30 bits per heavy atom. The van der Waals surface area contributed by atoms with E-state index in [4.69, 9.17) is 5.11 Å². The summed E-state index contributed by atoms with van der Waals surface area (Å²) in [6.45, 7) is -1.03. The third kappa shape index (κ3) is 2.25. The van der Waals surface area contributed by atoms with Crippen molar-refractivity contribution in [3.63, 3.8) is 0 Å². The molecule has 0 aromatic rings. The zero-order chi connectivity index (χ0) is 15.1. The normalized spacial score (nSPS) is 24.6. The molecule has 1 saturated heterocycles. The smallest absolute Gasteiger partial charge is 0.382 e. The van der Waals surface area contributed by atoms with Crippen molar-refractivity contribution in [3.05, 3.63) is 0 Å². The molecule has 0 radical (unpaired) electrons. The molecule has 1 aliphatic carbocycles. The fraction of sp³-hybridized carbons (Fsp3) is 0.833. The van der Waals surface area contributed by atoms with Crippen LogP contribution in [0.1, 0.15) is 32.1 Å². The van der Waals surface area contributed by atoms with Gasteiger partial charge in [0.25, 0.3) is 5.91 Å². The van der Waals surface area contributed by atoms with Crippen LogP contribution in [0, 0.1) is 0 Å². The molecule has 2 fully saturated rings. The third-order valence-corrected chi connectivity index (χ3v) is 4.22. The molecular formula is C12H17F3N2O3. The molecule has 2 aliphatic rings. The molecule has 0 aromatic carbocycles. The summed E-state index contributed by atoms with van der Waals surface area (Å²) in [7, 11) is 1.44. The van der Waals surface area contributed by atoms with E-state index >= 15 is 0 Å². The highest BCUT2D eigenvalue weighted by atomic mass is 19.4. The monoisotopic (exact) mass is 294 g/mol. The summed E-state index contributed by atoms with van der Waals surface area (Å²) >= 11 is 0. The van der Waals surface area contributed by atoms with Crippen LogP contribution in [0.4, 0.5) is 18.0 Å². The Labute approximate surface area is 114 Å². The summed E-state index contributed by atoms with van der Waals surface area (Å²) < 4.78 is 37.1. The number of hydrogen-bond acceptors (Lipinski definition) is 3. The van der Waals surface area contributed by atoms with Gasteiger partial charge in [-0.3, -0.25) is 9.69 Å². The van der Waals surface area contributed by atoms with Crippen molar-refractivity contribution in [1.29, 1.82) is 0 Å². The number of alkyl halides is 3. The highest BCUT2D eigenvalue weighted by Crippen LogP contribution is 2.39. The molecule has 3 amide bonds. The molecule has 1 unspecified atom stereocenters. The van der Waals surface area contributed by atoms with Crippen LogP contribution in [0.25, 0.3) is 0 Å². The molecule has 1 atom stereocenters. The number of amides is 3. The third-order valence-electron chi connectivity index (χ3n) is 4.22. The first-order chi connectivity index (χ1) is 9.20. The zero-order valence-corrected chi connectivity index (χ0v) is 11.1. The second-order valence-electron chi connectivity index (χ2n) is 5.41. The van der Waals surface area contributed by atoms with Crippen LogP contribution < -0.4 is 0 Å². The van der Waals surface area contributed by atoms with Crippen molar-refractivity contribution >= 4 is 11.9 Å². The van der Waals surface area contributed by atoms with Gasteiger partial charge in [-0.05, 0) is 12.8 Å². The first-order valence-electron chi connectivity index (χ1n) is 6.55. The molecule has 0 bridgehead atoms. The van der Waals surface area contributed by atoms with Gasteiger partial charge in [-0.2, -0.15) is 13.2 Å². The van der Waals surface area contributed by atoms with E-state index in [0.717, 1.165) is 19.3 Å². The molecule has 1 N–H and O–H groups in total. The Bertz CT molecular complexity index is 419. The lowest BCUT2D eigenvalue weighted by Crippen LogP contribution is -2.50. The quantitative estimate of drug-likeness (QED) is 0.785. The largest absolute Gasteiger partial charge is 0.416 e. The maximum atomic E-state index is 12.4. The van der Waals surface area contributed by atoms with Crippen LogP contribution in [0.3, 0.4) is 0 Å². The van der Waals surface area contributed by atoms with E-state index in [0.29, 0.717) is 17.7 Å². The lowest BCUT2D eigenvalue weighted by Gasteiger charge is -2.35. The van der Waals surface area contributed by atoms with E-state index in [9.17, 15) is 22.8 Å². The number of aliphatic hydroxyl groups is 1. The minimum absolute atomic E-state index is 0.465. The van der Waals surface area contributed by atoms with Crippen molar-refractivity contribution in [2.45, 2.75) is 49.9 Å². The number of hydrogen-bond donors (Lipinski definition) is 1. The van der Waals surface area contributed by atoms with Gasteiger partial charge in [0.05, 0.1) is 6.54 Å². The maximum absolute atomic E-state index is 12.4. The van der Waals surface area contributed by atoms with Crippen LogP contribution in [0.2, 0.25) is 0 Å². The Morgan fingerprint density at radius 2 is 1.80 bits per heavy atom. The van der Waals surface area contributed by atoms with Gasteiger partial charge in [-0.15, -0.1) is 0 Å². The van der Waals surface area contributed by atoms with Crippen LogP contribution in [-0.2, 0) is 4.79 Å². The fourth-order valence-corrected chi connectivity index (χ4v) is 2.97. The van der Waals surface area contributed by atoms with Gasteiger partial charge in [0.2, 0.25) is 0 Å². The van der Waals surface area contributed by atoms with Gasteiger partial charge in [0.15, 0.2) is 6.10 Å². The second kappa shape index (κ2) is 4.91. The van der Waals surface area contributed by atoms with E-state index in [1.165, 1.54) is 11.9 Å². The van der Waals surface area contributed by atoms with Crippen molar-refractivity contribution < 1.29 is 27.9 Å². The Kier molecular flexibility index (Phi) is 3.70. The molecule has 20 heavy (non-hydrogen) atoms. The number of carbonyl (C=O) groups excluding carboxylic acids is 2. The number of urea groups is 1. The molecule has 1 saturated carbocycles. The van der Waals surface area contributed by atoms with Gasteiger partial charge < -0.3 is 10.0 Å². The topological polar surface area (TPSA) is 60.9 Å². The van der Waals surface area contributed by atoms with E-state index < -0.39 is 36.3 Å². The number of carbonyl (C=O) groups is 2. The number of aliphatic hydroxyl groups excluding tert-OH is 1. The first kappa shape index (κ1) is 15.1. The molecule has 1 heterocycles. The first-order valence-corrected chi connectivity index (χ1v) is 6.55. The molecule has 114 valence electrons. The molecule has 1 spiro atoms. The maximum Gasteiger partial charge on any atom is 0.416 e. The van der Waals surface area contributed by atoms with Crippen LogP contribution in [-0.4, -0.2) is 58.3 Å². The predicted octanol–water partition coefficient (Wildman–Crippen LogP) is 1.51. The number of nitrogens with zero attached hydrogens (tertiary/aromatic N) is 2. The zero-order valence-electron chi connectivity index (χ0n) is 11.1. The van der Waals surface area contributed by atoms with Gasteiger partial charge in [0, 0.05) is 7.05 Å². The summed E-state index contributed by atoms with van der Waals surface area (Å²) in [5.41, 5.74) is -1.01. The van der Waals surface area contributed by atoms with Crippen LogP contribution in [0.5, 0.6) is 0 Å². The van der Waals surface area contributed by atoms with Gasteiger partial charge >= 0.3 is 12.2 Å². The van der Waals surface area contributed by atoms with Gasteiger partial charge in [-0.1, -0.05) is 19.3 Å². The average molecular weight is 294 g/mol. The summed E-state index contributed by atoms with van der Waals surface area (Å²) in [6.07, 6.45) is -4.15. The second-order valence-corrected chi connectivity index (χ2v) is 5.41. The number of imide groups is 1. The van der Waals surface area contributed by atoms with Gasteiger partial charge in [-0.25, -0.2) is 4.79 Å². The molecular weight excluding hydrogens is 277 g/mol. The predicted molar refractivity (Wildman–Crippen MR) is 62.7 cm³/mol. The number of rotatable bonds is 2. The summed E-state index contributed by atoms with van der Waals surface area (Å²) in [4.78, 5) is 26.1. The highest BCUT2D eigenvalue weighted by Gasteiger charge is 2.57. The number of likely N-dealkylation sites (N-methyl/N-ethyl adjacent to an activating group) is 1. The van der Waals surface area contributed by atoms with E-state index in [-0.39, 0.29) is 0 Å². The van der Waals surface area contributed by atoms with Crippen LogP contribution >= 0.6 is 0 Å². The lowest BCUT2D eigenvalue weighted by molar-refractivity contribution is -0.206. The Hall–Kier alpha value is -1.31. The number of β-amino-alcohol motifs (C(OH)–C–C–N with tert-alkyl or cyclic N) is 1. The SMILES string of the molecule is CN1C(=O)N(CC(O)C(F)(F)F)C(=O)C12CCCCC2. The molecule has 8 heteroatoms. The molecule has 0 aromatic heterocycles. The summed E-state index contributed by atoms with van der Waals surface area (Å²) in [6, 6.07) is -0.764. The lowest BCUT2D eigenvalue weighted by atomic mass is 9.81. The minimum Gasteiger partial charge on any atom is -0.382 e. The Morgan fingerprint density at radius 1 is 1.25 bits per heavy atom. The van der Waals surface area contributed by atoms with Crippen molar-refractivity contribution in [3.8, 4) is 0 Å². The van der Waals surface area contributed by atoms with E-state index in [1.54, 1.807) is 0 Å². The Balaban J connectivity index is 2.20. The average Bonchev–Trinajstić information content (AvgIpc) is 2.55. The standard InChI is InChI=1S/C12H17F3N2O3/c1-16-10(20)17(7-8(18)12(13,14)15)9(19)11(16)5-3-2-4-6-11/h8,18H,2-7H2,1H3. The van der Waals surface area contributed by atoms with Crippen molar-refractivity contribution in [1.82, 2.24) is 9.80 Å². The molecule has 5 nitrogen and oxygen atoms in total. The van der Waals surface area contributed by atoms with E-state index in [2.05, 4.69) is 0 Å². The number of halogens is 3. The van der Waals surface area contributed by atoms with Crippen molar-refractivity contribution in [2.75, 3.05) is 13.6 Å². The molecule has 1 aliphatic heterocycles. The fourth-order valence-electron chi connectivity index (χ4n) is 2.97. The van der Waals surface area contributed by atoms with Crippen LogP contribution in [0.15, 0.2) is 0 Å². The summed E-state index contributed by atoms with van der Waals surface area (Å²) in [5.74, 6) is -0.618. The minimum atomic E-state index is -4.85. The van der Waals surface area contributed by atoms with Gasteiger partial charge in [0.1, 0.15) is 5.54 Å². The summed E-state index contributed by atoms with van der Waals surface area (Å²) in [5, 5.41) is 9.07. The van der Waals surface area contributed by atoms with E-state index in [1.807, 2.05) is 0 Å².